The van der Waals surface area contributed by atoms with Crippen molar-refractivity contribution in [2.75, 3.05) is 7.05 Å². The van der Waals surface area contributed by atoms with Gasteiger partial charge in [0.25, 0.3) is 0 Å². The highest BCUT2D eigenvalue weighted by Crippen LogP contribution is 2.27. The lowest BCUT2D eigenvalue weighted by Gasteiger charge is -2.32. The fourth-order valence-electron chi connectivity index (χ4n) is 1.68. The van der Waals surface area contributed by atoms with E-state index in [1.165, 1.54) is 11.1 Å². The Morgan fingerprint density at radius 3 is 2.13 bits per heavy atom. The number of rotatable bonds is 4. The summed E-state index contributed by atoms with van der Waals surface area (Å²) in [7, 11) is 2.02. The Bertz CT molecular complexity index is 298. The molecule has 0 spiro atoms. The van der Waals surface area contributed by atoms with Crippen molar-refractivity contribution >= 4 is 0 Å². The average Bonchev–Trinajstić information content (AvgIpc) is 2.28. The standard InChI is InChI=1S/C14H23N/c1-6-12-7-9-13(10-8-12)11(2)14(3,4)15-5/h7-11,15H,6H2,1-5H3. The van der Waals surface area contributed by atoms with Crippen molar-refractivity contribution in [2.45, 2.75) is 45.6 Å². The fraction of sp³-hybridized carbons (Fsp3) is 0.571. The highest BCUT2D eigenvalue weighted by molar-refractivity contribution is 5.27. The molecule has 0 bridgehead atoms. The lowest BCUT2D eigenvalue weighted by Crippen LogP contribution is -2.41. The van der Waals surface area contributed by atoms with Gasteiger partial charge in [0.2, 0.25) is 0 Å². The summed E-state index contributed by atoms with van der Waals surface area (Å²) < 4.78 is 0. The zero-order valence-corrected chi connectivity index (χ0v) is 10.6. The summed E-state index contributed by atoms with van der Waals surface area (Å²) in [5, 5.41) is 3.37. The van der Waals surface area contributed by atoms with E-state index in [-0.39, 0.29) is 5.54 Å². The Hall–Kier alpha value is -0.820. The minimum Gasteiger partial charge on any atom is -0.314 e. The van der Waals surface area contributed by atoms with Crippen molar-refractivity contribution in [3.8, 4) is 0 Å². The first-order valence-electron chi connectivity index (χ1n) is 5.79. The molecule has 0 aromatic heterocycles. The molecule has 0 radical (unpaired) electrons. The van der Waals surface area contributed by atoms with E-state index in [1.54, 1.807) is 0 Å². The van der Waals surface area contributed by atoms with Crippen molar-refractivity contribution in [2.24, 2.45) is 0 Å². The molecule has 1 aromatic rings. The molecule has 0 aliphatic carbocycles. The van der Waals surface area contributed by atoms with E-state index in [1.807, 2.05) is 7.05 Å². The quantitative estimate of drug-likeness (QED) is 0.795. The summed E-state index contributed by atoms with van der Waals surface area (Å²) in [5.74, 6) is 0.522. The van der Waals surface area contributed by atoms with E-state index in [9.17, 15) is 0 Å². The summed E-state index contributed by atoms with van der Waals surface area (Å²) in [6.07, 6.45) is 1.12. The molecule has 0 aliphatic heterocycles. The molecule has 0 heterocycles. The second-order valence-corrected chi connectivity index (χ2v) is 4.79. The smallest absolute Gasteiger partial charge is 0.0187 e. The molecule has 1 nitrogen and oxygen atoms in total. The van der Waals surface area contributed by atoms with Gasteiger partial charge in [-0.05, 0) is 44.4 Å². The van der Waals surface area contributed by atoms with E-state index in [0.717, 1.165) is 6.42 Å². The van der Waals surface area contributed by atoms with E-state index in [0.29, 0.717) is 5.92 Å². The van der Waals surface area contributed by atoms with Crippen LogP contribution in [0.4, 0.5) is 0 Å². The lowest BCUT2D eigenvalue weighted by molar-refractivity contribution is 0.360. The van der Waals surface area contributed by atoms with Crippen molar-refractivity contribution in [3.05, 3.63) is 35.4 Å². The number of hydrogen-bond acceptors (Lipinski definition) is 1. The molecule has 1 atom stereocenters. The lowest BCUT2D eigenvalue weighted by atomic mass is 9.83. The molecular formula is C14H23N. The van der Waals surface area contributed by atoms with Crippen LogP contribution in [-0.4, -0.2) is 12.6 Å². The van der Waals surface area contributed by atoms with Crippen LogP contribution < -0.4 is 5.32 Å². The molecule has 1 heteroatoms. The zero-order chi connectivity index (χ0) is 11.5. The average molecular weight is 205 g/mol. The van der Waals surface area contributed by atoms with Crippen LogP contribution in [0.1, 0.15) is 44.7 Å². The van der Waals surface area contributed by atoms with Gasteiger partial charge in [-0.25, -0.2) is 0 Å². The number of benzene rings is 1. The largest absolute Gasteiger partial charge is 0.314 e. The first-order valence-corrected chi connectivity index (χ1v) is 5.79. The monoisotopic (exact) mass is 205 g/mol. The van der Waals surface area contributed by atoms with Gasteiger partial charge < -0.3 is 5.32 Å². The Labute approximate surface area is 93.9 Å². The van der Waals surface area contributed by atoms with Gasteiger partial charge in [0.1, 0.15) is 0 Å². The first-order chi connectivity index (χ1) is 7.01. The van der Waals surface area contributed by atoms with Gasteiger partial charge in [0.05, 0.1) is 0 Å². The number of hydrogen-bond donors (Lipinski definition) is 1. The zero-order valence-electron chi connectivity index (χ0n) is 10.6. The van der Waals surface area contributed by atoms with Crippen LogP contribution in [0.25, 0.3) is 0 Å². The minimum atomic E-state index is 0.147. The molecule has 0 aliphatic rings. The highest BCUT2D eigenvalue weighted by atomic mass is 14.9. The van der Waals surface area contributed by atoms with Crippen LogP contribution in [-0.2, 0) is 6.42 Å². The van der Waals surface area contributed by atoms with Gasteiger partial charge in [-0.2, -0.15) is 0 Å². The molecule has 1 aromatic carbocycles. The van der Waals surface area contributed by atoms with Gasteiger partial charge in [-0.3, -0.25) is 0 Å². The molecule has 0 saturated carbocycles. The molecule has 1 rings (SSSR count). The molecule has 1 unspecified atom stereocenters. The third-order valence-electron chi connectivity index (χ3n) is 3.61. The normalized spacial score (nSPS) is 13.9. The second kappa shape index (κ2) is 4.80. The molecule has 15 heavy (non-hydrogen) atoms. The van der Waals surface area contributed by atoms with E-state index < -0.39 is 0 Å². The third kappa shape index (κ3) is 2.82. The Kier molecular flexibility index (Phi) is 3.92. The summed E-state index contributed by atoms with van der Waals surface area (Å²) in [6.45, 7) is 8.95. The van der Waals surface area contributed by atoms with E-state index >= 15 is 0 Å². The van der Waals surface area contributed by atoms with Crippen LogP contribution in [0.2, 0.25) is 0 Å². The van der Waals surface area contributed by atoms with Crippen molar-refractivity contribution in [3.63, 3.8) is 0 Å². The van der Waals surface area contributed by atoms with Crippen molar-refractivity contribution in [1.29, 1.82) is 0 Å². The molecule has 1 N–H and O–H groups in total. The topological polar surface area (TPSA) is 12.0 Å². The van der Waals surface area contributed by atoms with Crippen LogP contribution in [0.3, 0.4) is 0 Å². The van der Waals surface area contributed by atoms with Crippen molar-refractivity contribution in [1.82, 2.24) is 5.32 Å². The van der Waals surface area contributed by atoms with Gasteiger partial charge in [-0.1, -0.05) is 38.1 Å². The molecule has 0 saturated heterocycles. The predicted molar refractivity (Wildman–Crippen MR) is 67.4 cm³/mol. The summed E-state index contributed by atoms with van der Waals surface area (Å²) >= 11 is 0. The molecule has 84 valence electrons. The van der Waals surface area contributed by atoms with Crippen LogP contribution >= 0.6 is 0 Å². The summed E-state index contributed by atoms with van der Waals surface area (Å²) in [4.78, 5) is 0. The minimum absolute atomic E-state index is 0.147. The Balaban J connectivity index is 2.87. The third-order valence-corrected chi connectivity index (χ3v) is 3.61. The van der Waals surface area contributed by atoms with Crippen LogP contribution in [0.5, 0.6) is 0 Å². The van der Waals surface area contributed by atoms with Crippen LogP contribution in [0.15, 0.2) is 24.3 Å². The molecule has 0 fully saturated rings. The Morgan fingerprint density at radius 1 is 1.20 bits per heavy atom. The van der Waals surface area contributed by atoms with Gasteiger partial charge in [0.15, 0.2) is 0 Å². The van der Waals surface area contributed by atoms with E-state index in [2.05, 4.69) is 57.3 Å². The second-order valence-electron chi connectivity index (χ2n) is 4.79. The first kappa shape index (κ1) is 12.3. The number of nitrogens with one attached hydrogen (secondary N) is 1. The van der Waals surface area contributed by atoms with Crippen molar-refractivity contribution < 1.29 is 0 Å². The fourth-order valence-corrected chi connectivity index (χ4v) is 1.68. The summed E-state index contributed by atoms with van der Waals surface area (Å²) in [5.41, 5.74) is 2.97. The van der Waals surface area contributed by atoms with Gasteiger partial charge in [-0.15, -0.1) is 0 Å². The Morgan fingerprint density at radius 2 is 1.73 bits per heavy atom. The van der Waals surface area contributed by atoms with Gasteiger partial charge >= 0.3 is 0 Å². The highest BCUT2D eigenvalue weighted by Gasteiger charge is 2.24. The maximum atomic E-state index is 3.37. The maximum Gasteiger partial charge on any atom is 0.0187 e. The number of aryl methyl sites for hydroxylation is 1. The molecule has 0 amide bonds. The summed E-state index contributed by atoms with van der Waals surface area (Å²) in [6, 6.07) is 8.97. The molecular weight excluding hydrogens is 182 g/mol. The predicted octanol–water partition coefficient (Wildman–Crippen LogP) is 3.35. The van der Waals surface area contributed by atoms with E-state index in [4.69, 9.17) is 0 Å². The van der Waals surface area contributed by atoms with Gasteiger partial charge in [0, 0.05) is 5.54 Å². The number of likely N-dealkylation sites (N-methyl/N-ethyl adjacent to an activating group) is 1. The SMILES string of the molecule is CCc1ccc(C(C)C(C)(C)NC)cc1. The maximum absolute atomic E-state index is 3.37. The van der Waals surface area contributed by atoms with Crippen LogP contribution in [0, 0.1) is 0 Å².